The maximum Gasteiger partial charge on any atom is 0.264 e. The summed E-state index contributed by atoms with van der Waals surface area (Å²) in [6, 6.07) is 14.9. The number of anilines is 2. The fourth-order valence-corrected chi connectivity index (χ4v) is 5.43. The molecule has 1 amide bonds. The molecule has 8 heteroatoms. The number of aryl methyl sites for hydroxylation is 2. The molecule has 0 radical (unpaired) electrons. The minimum Gasteiger partial charge on any atom is -0.298 e. The van der Waals surface area contributed by atoms with Gasteiger partial charge in [0, 0.05) is 17.5 Å². The number of para-hydroxylation sites is 1. The number of nitrogens with zero attached hydrogens (tertiary/aromatic N) is 2. The molecular formula is C20H19N3O3S2. The van der Waals surface area contributed by atoms with Crippen LogP contribution in [0.2, 0.25) is 0 Å². The molecule has 1 aliphatic rings. The molecule has 0 spiro atoms. The summed E-state index contributed by atoms with van der Waals surface area (Å²) in [4.78, 5) is 18.3. The molecule has 2 aromatic carbocycles. The molecule has 0 unspecified atom stereocenters. The van der Waals surface area contributed by atoms with E-state index in [1.54, 1.807) is 36.4 Å². The highest BCUT2D eigenvalue weighted by molar-refractivity contribution is 7.92. The number of hydrogen-bond acceptors (Lipinski definition) is 5. The standard InChI is InChI=1S/C20H19N3O3S2/c1-23(15-8-3-2-4-9-15)28(25,26)16-10-5-7-14(13-16)19(24)22-20-21-17-11-6-12-18(17)27-20/h2-5,7-10,13H,6,11-12H2,1H3,(H,21,22,24). The van der Waals surface area contributed by atoms with Gasteiger partial charge in [0.15, 0.2) is 5.13 Å². The van der Waals surface area contributed by atoms with Gasteiger partial charge < -0.3 is 0 Å². The molecule has 1 aromatic heterocycles. The number of amides is 1. The van der Waals surface area contributed by atoms with Gasteiger partial charge in [0.2, 0.25) is 0 Å². The van der Waals surface area contributed by atoms with Crippen molar-refractivity contribution in [3.63, 3.8) is 0 Å². The summed E-state index contributed by atoms with van der Waals surface area (Å²) < 4.78 is 27.1. The number of carbonyl (C=O) groups is 1. The van der Waals surface area contributed by atoms with Crippen LogP contribution in [0.15, 0.2) is 59.5 Å². The Kier molecular flexibility index (Phi) is 4.91. The number of aromatic nitrogens is 1. The first-order valence-electron chi connectivity index (χ1n) is 8.89. The molecule has 6 nitrogen and oxygen atoms in total. The van der Waals surface area contributed by atoms with Crippen LogP contribution in [0, 0.1) is 0 Å². The lowest BCUT2D eigenvalue weighted by atomic mass is 10.2. The van der Waals surface area contributed by atoms with E-state index >= 15 is 0 Å². The summed E-state index contributed by atoms with van der Waals surface area (Å²) in [5, 5.41) is 3.35. The van der Waals surface area contributed by atoms with Crippen LogP contribution in [-0.4, -0.2) is 26.4 Å². The number of hydrogen-bond donors (Lipinski definition) is 1. The molecule has 1 aliphatic carbocycles. The summed E-state index contributed by atoms with van der Waals surface area (Å²) in [5.41, 5.74) is 1.88. The average Bonchev–Trinajstić information content (AvgIpc) is 3.30. The predicted molar refractivity (Wildman–Crippen MR) is 111 cm³/mol. The first kappa shape index (κ1) is 18.6. The number of sulfonamides is 1. The zero-order chi connectivity index (χ0) is 19.7. The molecule has 28 heavy (non-hydrogen) atoms. The largest absolute Gasteiger partial charge is 0.298 e. The Morgan fingerprint density at radius 3 is 2.64 bits per heavy atom. The van der Waals surface area contributed by atoms with Gasteiger partial charge in [-0.25, -0.2) is 13.4 Å². The molecule has 0 saturated carbocycles. The first-order valence-corrected chi connectivity index (χ1v) is 11.1. The SMILES string of the molecule is CN(c1ccccc1)S(=O)(=O)c1cccc(C(=O)Nc2nc3c(s2)CCC3)c1. The van der Waals surface area contributed by atoms with Crippen LogP contribution < -0.4 is 9.62 Å². The minimum absolute atomic E-state index is 0.0631. The first-order chi connectivity index (χ1) is 13.4. The van der Waals surface area contributed by atoms with Gasteiger partial charge in [-0.3, -0.25) is 14.4 Å². The molecule has 0 bridgehead atoms. The van der Waals surface area contributed by atoms with Gasteiger partial charge in [0.1, 0.15) is 0 Å². The van der Waals surface area contributed by atoms with Crippen LogP contribution in [0.5, 0.6) is 0 Å². The number of thiazole rings is 1. The summed E-state index contributed by atoms with van der Waals surface area (Å²) in [5.74, 6) is -0.369. The van der Waals surface area contributed by atoms with Crippen LogP contribution in [0.1, 0.15) is 27.3 Å². The van der Waals surface area contributed by atoms with Crippen molar-refractivity contribution in [2.24, 2.45) is 0 Å². The van der Waals surface area contributed by atoms with E-state index in [-0.39, 0.29) is 16.4 Å². The van der Waals surface area contributed by atoms with Crippen molar-refractivity contribution < 1.29 is 13.2 Å². The highest BCUT2D eigenvalue weighted by atomic mass is 32.2. The number of carbonyl (C=O) groups excluding carboxylic acids is 1. The maximum atomic E-state index is 12.9. The third-order valence-electron chi connectivity index (χ3n) is 4.69. The number of rotatable bonds is 5. The van der Waals surface area contributed by atoms with Crippen LogP contribution in [0.3, 0.4) is 0 Å². The molecule has 0 atom stereocenters. The second-order valence-corrected chi connectivity index (χ2v) is 9.59. The van der Waals surface area contributed by atoms with E-state index in [0.29, 0.717) is 10.8 Å². The number of nitrogens with one attached hydrogen (secondary N) is 1. The summed E-state index contributed by atoms with van der Waals surface area (Å²) in [6.07, 6.45) is 3.06. The van der Waals surface area contributed by atoms with Gasteiger partial charge in [-0.15, -0.1) is 11.3 Å². The van der Waals surface area contributed by atoms with Crippen LogP contribution in [0.4, 0.5) is 10.8 Å². The Labute approximate surface area is 167 Å². The fourth-order valence-electron chi connectivity index (χ4n) is 3.15. The number of fused-ring (bicyclic) bond motifs is 1. The van der Waals surface area contributed by atoms with Gasteiger partial charge in [-0.2, -0.15) is 0 Å². The quantitative estimate of drug-likeness (QED) is 0.692. The van der Waals surface area contributed by atoms with E-state index in [9.17, 15) is 13.2 Å². The Morgan fingerprint density at radius 1 is 1.11 bits per heavy atom. The molecular weight excluding hydrogens is 394 g/mol. The topological polar surface area (TPSA) is 79.4 Å². The Morgan fingerprint density at radius 2 is 1.89 bits per heavy atom. The molecule has 0 fully saturated rings. The van der Waals surface area contributed by atoms with Crippen LogP contribution in [-0.2, 0) is 22.9 Å². The fraction of sp³-hybridized carbons (Fsp3) is 0.200. The minimum atomic E-state index is -3.78. The molecule has 1 heterocycles. The van der Waals surface area contributed by atoms with Crippen molar-refractivity contribution >= 4 is 38.1 Å². The van der Waals surface area contributed by atoms with Crippen molar-refractivity contribution in [2.75, 3.05) is 16.7 Å². The molecule has 0 aliphatic heterocycles. The summed E-state index contributed by atoms with van der Waals surface area (Å²) >= 11 is 1.49. The van der Waals surface area contributed by atoms with Crippen molar-refractivity contribution in [3.8, 4) is 0 Å². The second kappa shape index (κ2) is 7.37. The molecule has 0 saturated heterocycles. The summed E-state index contributed by atoms with van der Waals surface area (Å²) in [6.45, 7) is 0. The third-order valence-corrected chi connectivity index (χ3v) is 7.54. The lowest BCUT2D eigenvalue weighted by Gasteiger charge is -2.19. The van der Waals surface area contributed by atoms with E-state index in [2.05, 4.69) is 10.3 Å². The highest BCUT2D eigenvalue weighted by Crippen LogP contribution is 2.30. The Bertz CT molecular complexity index is 1100. The maximum absolute atomic E-state index is 12.9. The number of benzene rings is 2. The van der Waals surface area contributed by atoms with Crippen molar-refractivity contribution in [1.29, 1.82) is 0 Å². The molecule has 144 valence electrons. The van der Waals surface area contributed by atoms with E-state index in [4.69, 9.17) is 0 Å². The summed E-state index contributed by atoms with van der Waals surface area (Å²) in [7, 11) is -2.28. The lowest BCUT2D eigenvalue weighted by Crippen LogP contribution is -2.26. The molecule has 3 aromatic rings. The van der Waals surface area contributed by atoms with Gasteiger partial charge >= 0.3 is 0 Å². The van der Waals surface area contributed by atoms with Crippen molar-refractivity contribution in [3.05, 3.63) is 70.7 Å². The Hall–Kier alpha value is -2.71. The van der Waals surface area contributed by atoms with E-state index < -0.39 is 10.0 Å². The van der Waals surface area contributed by atoms with E-state index in [1.807, 2.05) is 6.07 Å². The smallest absolute Gasteiger partial charge is 0.264 e. The average molecular weight is 414 g/mol. The van der Waals surface area contributed by atoms with E-state index in [0.717, 1.165) is 25.0 Å². The Balaban J connectivity index is 1.57. The normalized spacial score (nSPS) is 13.2. The van der Waals surface area contributed by atoms with E-state index in [1.165, 1.54) is 39.7 Å². The second-order valence-electron chi connectivity index (χ2n) is 6.53. The zero-order valence-corrected chi connectivity index (χ0v) is 16.9. The van der Waals surface area contributed by atoms with Gasteiger partial charge in [0.25, 0.3) is 15.9 Å². The molecule has 1 N–H and O–H groups in total. The van der Waals surface area contributed by atoms with Gasteiger partial charge in [0.05, 0.1) is 16.3 Å². The molecule has 4 rings (SSSR count). The zero-order valence-electron chi connectivity index (χ0n) is 15.3. The van der Waals surface area contributed by atoms with Crippen molar-refractivity contribution in [1.82, 2.24) is 4.98 Å². The van der Waals surface area contributed by atoms with Crippen molar-refractivity contribution in [2.45, 2.75) is 24.2 Å². The van der Waals surface area contributed by atoms with Crippen LogP contribution in [0.25, 0.3) is 0 Å². The van der Waals surface area contributed by atoms with Gasteiger partial charge in [-0.05, 0) is 49.6 Å². The lowest BCUT2D eigenvalue weighted by molar-refractivity contribution is 0.102. The third kappa shape index (κ3) is 3.53. The predicted octanol–water partition coefficient (Wildman–Crippen LogP) is 3.71. The highest BCUT2D eigenvalue weighted by Gasteiger charge is 2.23. The van der Waals surface area contributed by atoms with Gasteiger partial charge in [-0.1, -0.05) is 24.3 Å². The monoisotopic (exact) mass is 413 g/mol. The van der Waals surface area contributed by atoms with Crippen LogP contribution >= 0.6 is 11.3 Å².